The summed E-state index contributed by atoms with van der Waals surface area (Å²) in [5.41, 5.74) is 4.17. The van der Waals surface area contributed by atoms with Gasteiger partial charge in [0, 0.05) is 10.2 Å². The second-order valence-corrected chi connectivity index (χ2v) is 10.5. The van der Waals surface area contributed by atoms with E-state index in [1.807, 2.05) is 60.7 Å². The van der Waals surface area contributed by atoms with Crippen molar-refractivity contribution in [2.75, 3.05) is 5.32 Å². The predicted octanol–water partition coefficient (Wildman–Crippen LogP) is 6.79. The molecule has 0 aliphatic carbocycles. The normalized spacial score (nSPS) is 16.8. The van der Waals surface area contributed by atoms with E-state index in [0.717, 1.165) is 37.0 Å². The summed E-state index contributed by atoms with van der Waals surface area (Å²) in [4.78, 5) is 13.1. The SMILES string of the molecule is CCc1ccc(N[C@H]2NC(=O)/C(=C/c3ccc(OCc4ccc(Br)cc4)c(I)c3)S2)cc1. The van der Waals surface area contributed by atoms with E-state index in [1.54, 1.807) is 0 Å². The lowest BCUT2D eigenvalue weighted by Crippen LogP contribution is -2.30. The Bertz CT molecular complexity index is 1130. The number of hydrogen-bond acceptors (Lipinski definition) is 4. The third-order valence-electron chi connectivity index (χ3n) is 4.95. The van der Waals surface area contributed by atoms with E-state index in [-0.39, 0.29) is 11.4 Å². The van der Waals surface area contributed by atoms with Gasteiger partial charge in [-0.05, 0) is 88.2 Å². The maximum Gasteiger partial charge on any atom is 0.260 e. The van der Waals surface area contributed by atoms with Crippen LogP contribution in [0.3, 0.4) is 0 Å². The highest BCUT2D eigenvalue weighted by atomic mass is 127. The molecule has 0 unspecified atom stereocenters. The van der Waals surface area contributed by atoms with Gasteiger partial charge in [0.25, 0.3) is 5.91 Å². The Morgan fingerprint density at radius 3 is 2.50 bits per heavy atom. The first kappa shape index (κ1) is 23.2. The topological polar surface area (TPSA) is 50.4 Å². The van der Waals surface area contributed by atoms with Crippen molar-refractivity contribution >= 4 is 68.0 Å². The molecular formula is C25H22BrIN2O2S. The van der Waals surface area contributed by atoms with Crippen molar-refractivity contribution in [3.05, 3.63) is 96.4 Å². The van der Waals surface area contributed by atoms with E-state index in [4.69, 9.17) is 4.74 Å². The monoisotopic (exact) mass is 620 g/mol. The quantitative estimate of drug-likeness (QED) is 0.225. The van der Waals surface area contributed by atoms with E-state index in [2.05, 4.69) is 68.2 Å². The van der Waals surface area contributed by atoms with E-state index in [0.29, 0.717) is 11.5 Å². The molecule has 0 aromatic heterocycles. The van der Waals surface area contributed by atoms with Gasteiger partial charge in [0.05, 0.1) is 8.48 Å². The fourth-order valence-electron chi connectivity index (χ4n) is 3.17. The van der Waals surface area contributed by atoms with Crippen LogP contribution in [-0.2, 0) is 17.8 Å². The standard InChI is InChI=1S/C25H22BrIN2O2S/c1-2-16-5-10-20(11-6-16)28-25-29-24(30)23(32-25)14-18-7-12-22(21(27)13-18)31-15-17-3-8-19(26)9-4-17/h3-14,25,28H,2,15H2,1H3,(H,29,30)/b23-14-/t25-/m0/s1. The van der Waals surface area contributed by atoms with Gasteiger partial charge in [-0.2, -0.15) is 0 Å². The first-order valence-corrected chi connectivity index (χ1v) is 13.0. The molecule has 1 fully saturated rings. The molecule has 0 spiro atoms. The van der Waals surface area contributed by atoms with Crippen molar-refractivity contribution in [2.45, 2.75) is 25.4 Å². The molecule has 32 heavy (non-hydrogen) atoms. The molecule has 4 nitrogen and oxygen atoms in total. The lowest BCUT2D eigenvalue weighted by Gasteiger charge is -2.12. The molecule has 1 atom stereocenters. The number of carbonyl (C=O) groups is 1. The molecule has 1 heterocycles. The zero-order chi connectivity index (χ0) is 22.5. The number of rotatable bonds is 7. The summed E-state index contributed by atoms with van der Waals surface area (Å²) in [7, 11) is 0. The Morgan fingerprint density at radius 1 is 1.09 bits per heavy atom. The molecule has 2 N–H and O–H groups in total. The van der Waals surface area contributed by atoms with E-state index in [1.165, 1.54) is 17.3 Å². The predicted molar refractivity (Wildman–Crippen MR) is 145 cm³/mol. The minimum absolute atomic E-state index is 0.0664. The maximum absolute atomic E-state index is 12.4. The van der Waals surface area contributed by atoms with Crippen LogP contribution in [0.15, 0.2) is 76.1 Å². The van der Waals surface area contributed by atoms with Crippen LogP contribution in [0.5, 0.6) is 5.75 Å². The van der Waals surface area contributed by atoms with Crippen LogP contribution in [-0.4, -0.2) is 11.4 Å². The van der Waals surface area contributed by atoms with Crippen molar-refractivity contribution in [3.8, 4) is 5.75 Å². The van der Waals surface area contributed by atoms with Gasteiger partial charge in [-0.25, -0.2) is 0 Å². The minimum atomic E-state index is -0.186. The second kappa shape index (κ2) is 10.8. The van der Waals surface area contributed by atoms with Gasteiger partial charge >= 0.3 is 0 Å². The number of carbonyl (C=O) groups excluding carboxylic acids is 1. The van der Waals surface area contributed by atoms with Crippen LogP contribution in [0.4, 0.5) is 5.69 Å². The first-order chi connectivity index (χ1) is 15.5. The smallest absolute Gasteiger partial charge is 0.260 e. The lowest BCUT2D eigenvalue weighted by atomic mass is 10.1. The van der Waals surface area contributed by atoms with Gasteiger partial charge in [0.15, 0.2) is 5.50 Å². The maximum atomic E-state index is 12.4. The molecule has 7 heteroatoms. The highest BCUT2D eigenvalue weighted by Crippen LogP contribution is 2.31. The molecule has 1 amide bonds. The number of nitrogens with one attached hydrogen (secondary N) is 2. The van der Waals surface area contributed by atoms with Crippen LogP contribution in [0, 0.1) is 3.57 Å². The number of ether oxygens (including phenoxy) is 1. The number of thioether (sulfide) groups is 1. The highest BCUT2D eigenvalue weighted by molar-refractivity contribution is 14.1. The Kier molecular flexibility index (Phi) is 7.80. The molecule has 0 saturated carbocycles. The second-order valence-electron chi connectivity index (χ2n) is 7.28. The zero-order valence-electron chi connectivity index (χ0n) is 17.4. The van der Waals surface area contributed by atoms with Crippen molar-refractivity contribution in [1.29, 1.82) is 0 Å². The third kappa shape index (κ3) is 6.08. The molecular weight excluding hydrogens is 599 g/mol. The van der Waals surface area contributed by atoms with Crippen LogP contribution < -0.4 is 15.4 Å². The summed E-state index contributed by atoms with van der Waals surface area (Å²) < 4.78 is 8.02. The van der Waals surface area contributed by atoms with Crippen LogP contribution >= 0.6 is 50.3 Å². The fraction of sp³-hybridized carbons (Fsp3) is 0.160. The van der Waals surface area contributed by atoms with Crippen molar-refractivity contribution < 1.29 is 9.53 Å². The molecule has 1 aliphatic rings. The number of amides is 1. The molecule has 1 saturated heterocycles. The lowest BCUT2D eigenvalue weighted by molar-refractivity contribution is -0.116. The molecule has 4 rings (SSSR count). The number of halogens is 2. The van der Waals surface area contributed by atoms with E-state index in [9.17, 15) is 4.79 Å². The number of aryl methyl sites for hydroxylation is 1. The molecule has 3 aromatic rings. The zero-order valence-corrected chi connectivity index (χ0v) is 22.0. The van der Waals surface area contributed by atoms with Gasteiger partial charge in [0.2, 0.25) is 0 Å². The van der Waals surface area contributed by atoms with Crippen molar-refractivity contribution in [3.63, 3.8) is 0 Å². The molecule has 0 radical (unpaired) electrons. The summed E-state index contributed by atoms with van der Waals surface area (Å²) in [6, 6.07) is 22.3. The summed E-state index contributed by atoms with van der Waals surface area (Å²) in [6.45, 7) is 2.64. The third-order valence-corrected chi connectivity index (χ3v) is 7.35. The molecule has 3 aromatic carbocycles. The highest BCUT2D eigenvalue weighted by Gasteiger charge is 2.27. The summed E-state index contributed by atoms with van der Waals surface area (Å²) in [6.07, 6.45) is 2.93. The van der Waals surface area contributed by atoms with Gasteiger partial charge in [-0.1, -0.05) is 64.9 Å². The fourth-order valence-corrected chi connectivity index (χ4v) is 5.11. The van der Waals surface area contributed by atoms with Gasteiger partial charge in [-0.15, -0.1) is 0 Å². The molecule has 164 valence electrons. The summed E-state index contributed by atoms with van der Waals surface area (Å²) >= 11 is 7.20. The minimum Gasteiger partial charge on any atom is -0.488 e. The van der Waals surface area contributed by atoms with Crippen LogP contribution in [0.2, 0.25) is 0 Å². The average molecular weight is 621 g/mol. The Hall–Kier alpha value is -1.97. The number of benzene rings is 3. The molecule has 0 bridgehead atoms. The average Bonchev–Trinajstić information content (AvgIpc) is 3.13. The van der Waals surface area contributed by atoms with E-state index >= 15 is 0 Å². The first-order valence-electron chi connectivity index (χ1n) is 10.2. The van der Waals surface area contributed by atoms with E-state index < -0.39 is 0 Å². The number of hydrogen-bond donors (Lipinski definition) is 2. The van der Waals surface area contributed by atoms with Gasteiger partial charge in [0.1, 0.15) is 12.4 Å². The summed E-state index contributed by atoms with van der Waals surface area (Å²) in [5, 5.41) is 6.34. The molecule has 1 aliphatic heterocycles. The Labute approximate surface area is 214 Å². The largest absolute Gasteiger partial charge is 0.488 e. The summed E-state index contributed by atoms with van der Waals surface area (Å²) in [5.74, 6) is 0.762. The Morgan fingerprint density at radius 2 is 1.81 bits per heavy atom. The van der Waals surface area contributed by atoms with Crippen LogP contribution in [0.1, 0.15) is 23.6 Å². The number of anilines is 1. The van der Waals surface area contributed by atoms with Gasteiger partial charge in [-0.3, -0.25) is 4.79 Å². The van der Waals surface area contributed by atoms with Gasteiger partial charge < -0.3 is 15.4 Å². The Balaban J connectivity index is 1.38. The van der Waals surface area contributed by atoms with Crippen molar-refractivity contribution in [2.24, 2.45) is 0 Å². The van der Waals surface area contributed by atoms with Crippen molar-refractivity contribution in [1.82, 2.24) is 5.32 Å². The van der Waals surface area contributed by atoms with Crippen LogP contribution in [0.25, 0.3) is 6.08 Å².